The van der Waals surface area contributed by atoms with Gasteiger partial charge in [0.25, 0.3) is 5.89 Å². The lowest BCUT2D eigenvalue weighted by Gasteiger charge is -2.06. The summed E-state index contributed by atoms with van der Waals surface area (Å²) in [4.78, 5) is 8.45. The van der Waals surface area contributed by atoms with E-state index in [9.17, 15) is 0 Å². The minimum atomic E-state index is 0.547. The number of unbranched alkanes of at least 4 members (excludes halogenated alkanes) is 2. The van der Waals surface area contributed by atoms with Crippen LogP contribution in [0.25, 0.3) is 11.5 Å². The van der Waals surface area contributed by atoms with E-state index in [2.05, 4.69) is 25.6 Å². The topological polar surface area (TPSA) is 89.9 Å². The average Bonchev–Trinajstić information content (AvgIpc) is 3.19. The molecule has 0 aliphatic rings. The van der Waals surface area contributed by atoms with Crippen LogP contribution in [-0.2, 0) is 6.42 Å². The van der Waals surface area contributed by atoms with Crippen LogP contribution >= 0.6 is 0 Å². The summed E-state index contributed by atoms with van der Waals surface area (Å²) >= 11 is 0. The molecule has 7 heteroatoms. The predicted molar refractivity (Wildman–Crippen MR) is 89.6 cm³/mol. The van der Waals surface area contributed by atoms with Crippen molar-refractivity contribution in [2.24, 2.45) is 0 Å². The summed E-state index contributed by atoms with van der Waals surface area (Å²) in [7, 11) is 0. The zero-order valence-electron chi connectivity index (χ0n) is 14.0. The predicted octanol–water partition coefficient (Wildman–Crippen LogP) is 3.56. The molecule has 0 saturated heterocycles. The number of benzene rings is 1. The molecule has 3 aromatic rings. The number of anilines is 1. The van der Waals surface area contributed by atoms with E-state index >= 15 is 0 Å². The molecule has 1 aromatic carbocycles. The Hall–Kier alpha value is -2.70. The van der Waals surface area contributed by atoms with Gasteiger partial charge in [0.15, 0.2) is 11.6 Å². The summed E-state index contributed by atoms with van der Waals surface area (Å²) in [5.74, 6) is 2.61. The van der Waals surface area contributed by atoms with E-state index in [0.29, 0.717) is 17.5 Å². The molecule has 0 aliphatic heterocycles. The molecular weight excluding hydrogens is 306 g/mol. The van der Waals surface area contributed by atoms with Crippen LogP contribution in [0.1, 0.15) is 36.8 Å². The largest absolute Gasteiger partial charge is 0.385 e. The number of hydrogen-bond acceptors (Lipinski definition) is 7. The van der Waals surface area contributed by atoms with Crippen LogP contribution in [0, 0.1) is 13.8 Å². The van der Waals surface area contributed by atoms with Gasteiger partial charge in [-0.25, -0.2) is 0 Å². The highest BCUT2D eigenvalue weighted by atomic mass is 16.5. The molecular formula is C17H21N5O2. The lowest BCUT2D eigenvalue weighted by molar-refractivity contribution is 0.370. The lowest BCUT2D eigenvalue weighted by Crippen LogP contribution is -2.01. The van der Waals surface area contributed by atoms with Crippen LogP contribution in [0.2, 0.25) is 0 Å². The Morgan fingerprint density at radius 3 is 2.54 bits per heavy atom. The Morgan fingerprint density at radius 2 is 1.79 bits per heavy atom. The van der Waals surface area contributed by atoms with Crippen LogP contribution in [0.3, 0.4) is 0 Å². The van der Waals surface area contributed by atoms with Crippen LogP contribution in [0.4, 0.5) is 5.69 Å². The van der Waals surface area contributed by atoms with Crippen molar-refractivity contribution in [3.8, 4) is 11.5 Å². The van der Waals surface area contributed by atoms with E-state index in [-0.39, 0.29) is 0 Å². The monoisotopic (exact) mass is 327 g/mol. The number of nitrogens with one attached hydrogen (secondary N) is 1. The van der Waals surface area contributed by atoms with Crippen molar-refractivity contribution in [3.05, 3.63) is 41.8 Å². The fourth-order valence-corrected chi connectivity index (χ4v) is 2.43. The maximum atomic E-state index is 5.20. The quantitative estimate of drug-likeness (QED) is 0.633. The first kappa shape index (κ1) is 16.2. The van der Waals surface area contributed by atoms with Gasteiger partial charge in [0.2, 0.25) is 5.89 Å². The molecule has 0 saturated carbocycles. The van der Waals surface area contributed by atoms with Crippen molar-refractivity contribution in [3.63, 3.8) is 0 Å². The maximum absolute atomic E-state index is 5.20. The van der Waals surface area contributed by atoms with E-state index in [1.165, 1.54) is 0 Å². The third-order valence-corrected chi connectivity index (χ3v) is 3.60. The second-order valence-corrected chi connectivity index (χ2v) is 5.70. The number of rotatable bonds is 8. The first-order chi connectivity index (χ1) is 11.7. The lowest BCUT2D eigenvalue weighted by atomic mass is 10.1. The van der Waals surface area contributed by atoms with Gasteiger partial charge in [0, 0.05) is 24.2 Å². The molecule has 24 heavy (non-hydrogen) atoms. The van der Waals surface area contributed by atoms with Gasteiger partial charge in [-0.05, 0) is 44.9 Å². The average molecular weight is 327 g/mol. The summed E-state index contributed by atoms with van der Waals surface area (Å²) in [6.45, 7) is 4.56. The highest BCUT2D eigenvalue weighted by Gasteiger charge is 2.06. The van der Waals surface area contributed by atoms with Gasteiger partial charge in [-0.1, -0.05) is 22.8 Å². The molecule has 2 aromatic heterocycles. The van der Waals surface area contributed by atoms with E-state index in [1.54, 1.807) is 0 Å². The summed E-state index contributed by atoms with van der Waals surface area (Å²) in [6, 6.07) is 8.00. The van der Waals surface area contributed by atoms with E-state index < -0.39 is 0 Å². The summed E-state index contributed by atoms with van der Waals surface area (Å²) < 4.78 is 10.3. The molecule has 0 bridgehead atoms. The zero-order chi connectivity index (χ0) is 16.8. The highest BCUT2D eigenvalue weighted by molar-refractivity contribution is 5.61. The minimum absolute atomic E-state index is 0.547. The SMILES string of the molecule is Cc1noc(CCCCCNc2cccc(-c3nc(C)no3)c2)n1. The van der Waals surface area contributed by atoms with Crippen molar-refractivity contribution < 1.29 is 9.05 Å². The number of hydrogen-bond donors (Lipinski definition) is 1. The number of nitrogens with zero attached hydrogens (tertiary/aromatic N) is 4. The number of aryl methyl sites for hydroxylation is 3. The summed E-state index contributed by atoms with van der Waals surface area (Å²) in [6.07, 6.45) is 4.07. The molecule has 7 nitrogen and oxygen atoms in total. The van der Waals surface area contributed by atoms with Gasteiger partial charge in [0.1, 0.15) is 0 Å². The Bertz CT molecular complexity index is 781. The first-order valence-corrected chi connectivity index (χ1v) is 8.14. The fraction of sp³-hybridized carbons (Fsp3) is 0.412. The summed E-state index contributed by atoms with van der Waals surface area (Å²) in [5.41, 5.74) is 1.98. The van der Waals surface area contributed by atoms with Crippen LogP contribution in [0.15, 0.2) is 33.3 Å². The van der Waals surface area contributed by atoms with Crippen LogP contribution in [-0.4, -0.2) is 26.8 Å². The van der Waals surface area contributed by atoms with Gasteiger partial charge in [-0.3, -0.25) is 0 Å². The first-order valence-electron chi connectivity index (χ1n) is 8.14. The Balaban J connectivity index is 1.40. The molecule has 3 rings (SSSR count). The van der Waals surface area contributed by atoms with Crippen molar-refractivity contribution in [1.82, 2.24) is 20.3 Å². The van der Waals surface area contributed by atoms with Crippen molar-refractivity contribution in [2.45, 2.75) is 39.5 Å². The Labute approximate surface area is 140 Å². The Morgan fingerprint density at radius 1 is 0.958 bits per heavy atom. The second-order valence-electron chi connectivity index (χ2n) is 5.70. The van der Waals surface area contributed by atoms with E-state index in [4.69, 9.17) is 9.05 Å². The molecule has 126 valence electrons. The third-order valence-electron chi connectivity index (χ3n) is 3.60. The normalized spacial score (nSPS) is 10.9. The molecule has 0 unspecified atom stereocenters. The van der Waals surface area contributed by atoms with Crippen molar-refractivity contribution in [1.29, 1.82) is 0 Å². The second kappa shape index (κ2) is 7.72. The summed E-state index contributed by atoms with van der Waals surface area (Å²) in [5, 5.41) is 11.0. The highest BCUT2D eigenvalue weighted by Crippen LogP contribution is 2.21. The molecule has 0 aliphatic carbocycles. The van der Waals surface area contributed by atoms with Gasteiger partial charge in [-0.2, -0.15) is 9.97 Å². The maximum Gasteiger partial charge on any atom is 0.257 e. The van der Waals surface area contributed by atoms with Crippen LogP contribution in [0.5, 0.6) is 0 Å². The van der Waals surface area contributed by atoms with E-state index in [0.717, 1.165) is 49.4 Å². The smallest absolute Gasteiger partial charge is 0.257 e. The molecule has 0 radical (unpaired) electrons. The number of aromatic nitrogens is 4. The molecule has 0 amide bonds. The standard InChI is InChI=1S/C17H21N5O2/c1-12-19-16(23-21-12)9-4-3-5-10-18-15-8-6-7-14(11-15)17-20-13(2)22-24-17/h6-8,11,18H,3-5,9-10H2,1-2H3. The minimum Gasteiger partial charge on any atom is -0.385 e. The zero-order valence-corrected chi connectivity index (χ0v) is 14.0. The van der Waals surface area contributed by atoms with Gasteiger partial charge >= 0.3 is 0 Å². The van der Waals surface area contributed by atoms with Crippen molar-refractivity contribution >= 4 is 5.69 Å². The molecule has 0 atom stereocenters. The third kappa shape index (κ3) is 4.41. The molecule has 0 spiro atoms. The molecule has 2 heterocycles. The fourth-order valence-electron chi connectivity index (χ4n) is 2.43. The molecule has 1 N–H and O–H groups in total. The van der Waals surface area contributed by atoms with E-state index in [1.807, 2.05) is 38.1 Å². The molecule has 0 fully saturated rings. The van der Waals surface area contributed by atoms with Gasteiger partial charge in [0.05, 0.1) is 0 Å². The van der Waals surface area contributed by atoms with Gasteiger partial charge < -0.3 is 14.4 Å². The Kier molecular flexibility index (Phi) is 5.20. The van der Waals surface area contributed by atoms with Crippen molar-refractivity contribution in [2.75, 3.05) is 11.9 Å². The van der Waals surface area contributed by atoms with Gasteiger partial charge in [-0.15, -0.1) is 0 Å². The van der Waals surface area contributed by atoms with Crippen LogP contribution < -0.4 is 5.32 Å².